The zero-order valence-corrected chi connectivity index (χ0v) is 48.7. The van der Waals surface area contributed by atoms with E-state index in [0.29, 0.717) is 19.3 Å². The van der Waals surface area contributed by atoms with Gasteiger partial charge in [-0.25, -0.2) is 0 Å². The van der Waals surface area contributed by atoms with Gasteiger partial charge in [0.2, 0.25) is 0 Å². The molecule has 0 saturated carbocycles. The predicted molar refractivity (Wildman–Crippen MR) is 316 cm³/mol. The van der Waals surface area contributed by atoms with Gasteiger partial charge >= 0.3 is 17.9 Å². The topological polar surface area (TPSA) is 78.9 Å². The highest BCUT2D eigenvalue weighted by Crippen LogP contribution is 2.17. The summed E-state index contributed by atoms with van der Waals surface area (Å²) in [5, 5.41) is 0. The van der Waals surface area contributed by atoms with Crippen molar-refractivity contribution in [2.24, 2.45) is 0 Å². The molecule has 6 heteroatoms. The van der Waals surface area contributed by atoms with Crippen molar-refractivity contribution < 1.29 is 28.6 Å². The molecule has 0 rings (SSSR count). The fourth-order valence-corrected chi connectivity index (χ4v) is 9.28. The highest BCUT2D eigenvalue weighted by Gasteiger charge is 2.19. The second-order valence-corrected chi connectivity index (χ2v) is 21.3. The molecule has 0 amide bonds. The molecule has 73 heavy (non-hydrogen) atoms. The number of unbranched alkanes of at least 4 members (excludes halogenated alkanes) is 37. The molecule has 0 aromatic carbocycles. The zero-order chi connectivity index (χ0) is 52.9. The third-order valence-corrected chi connectivity index (χ3v) is 14.0. The van der Waals surface area contributed by atoms with Crippen LogP contribution >= 0.6 is 0 Å². The van der Waals surface area contributed by atoms with Gasteiger partial charge in [-0.2, -0.15) is 0 Å². The molecule has 0 spiro atoms. The standard InChI is InChI=1S/C67H120O6/c1-4-7-10-13-16-19-22-24-25-26-27-28-29-30-31-32-33-34-35-36-37-38-39-40-41-43-45-48-51-54-57-60-66(69)72-63-64(62-71-65(68)59-56-53-50-47-44-21-18-15-12-9-6-3)73-67(70)61-58-55-52-49-46-42-23-20-17-14-11-8-5-2/h8,11,17,20,26-27,42,46,52,55,64H,4-7,9-10,12-16,18-19,21-25,28-41,43-45,47-51,53-54,56-63H2,1-3H3/b11-8-,20-17-,27-26-,46-42-,55-52-. The van der Waals surface area contributed by atoms with Gasteiger partial charge in [-0.3, -0.25) is 14.4 Å². The van der Waals surface area contributed by atoms with E-state index in [1.165, 1.54) is 218 Å². The Morgan fingerprint density at radius 3 is 0.890 bits per heavy atom. The molecule has 0 aliphatic rings. The van der Waals surface area contributed by atoms with Crippen molar-refractivity contribution >= 4 is 17.9 Å². The lowest BCUT2D eigenvalue weighted by atomic mass is 10.0. The monoisotopic (exact) mass is 1020 g/mol. The Balaban J connectivity index is 4.10. The molecule has 0 aliphatic carbocycles. The minimum atomic E-state index is -0.808. The van der Waals surface area contributed by atoms with Crippen molar-refractivity contribution in [2.45, 2.75) is 335 Å². The molecule has 1 atom stereocenters. The maximum absolute atomic E-state index is 12.8. The van der Waals surface area contributed by atoms with Gasteiger partial charge in [0.15, 0.2) is 6.10 Å². The summed E-state index contributed by atoms with van der Waals surface area (Å²) in [6.07, 6.45) is 78.5. The van der Waals surface area contributed by atoms with Crippen molar-refractivity contribution in [1.29, 1.82) is 0 Å². The summed E-state index contributed by atoms with van der Waals surface area (Å²) in [4.78, 5) is 38.1. The molecule has 0 saturated heterocycles. The molecule has 0 aliphatic heterocycles. The average Bonchev–Trinajstić information content (AvgIpc) is 3.39. The first kappa shape index (κ1) is 70.1. The first-order valence-electron chi connectivity index (χ1n) is 31.8. The lowest BCUT2D eigenvalue weighted by Crippen LogP contribution is -2.30. The largest absolute Gasteiger partial charge is 0.462 e. The summed E-state index contributed by atoms with van der Waals surface area (Å²) in [7, 11) is 0. The van der Waals surface area contributed by atoms with E-state index in [2.05, 4.69) is 75.5 Å². The van der Waals surface area contributed by atoms with Crippen LogP contribution in [-0.2, 0) is 28.6 Å². The summed E-state index contributed by atoms with van der Waals surface area (Å²) >= 11 is 0. The number of hydrogen-bond donors (Lipinski definition) is 0. The maximum atomic E-state index is 12.8. The van der Waals surface area contributed by atoms with Gasteiger partial charge in [0, 0.05) is 19.3 Å². The van der Waals surface area contributed by atoms with Crippen LogP contribution < -0.4 is 0 Å². The number of allylic oxidation sites excluding steroid dienone is 10. The van der Waals surface area contributed by atoms with Crippen LogP contribution in [0.1, 0.15) is 329 Å². The number of carbonyl (C=O) groups is 3. The van der Waals surface area contributed by atoms with Gasteiger partial charge in [-0.05, 0) is 70.6 Å². The Bertz CT molecular complexity index is 1310. The molecule has 0 bridgehead atoms. The van der Waals surface area contributed by atoms with Crippen molar-refractivity contribution in [3.63, 3.8) is 0 Å². The molecule has 0 radical (unpaired) electrons. The molecule has 424 valence electrons. The lowest BCUT2D eigenvalue weighted by Gasteiger charge is -2.18. The van der Waals surface area contributed by atoms with E-state index in [0.717, 1.165) is 64.2 Å². The summed E-state index contributed by atoms with van der Waals surface area (Å²) in [5.74, 6) is -0.968. The molecule has 1 unspecified atom stereocenters. The second-order valence-electron chi connectivity index (χ2n) is 21.3. The van der Waals surface area contributed by atoms with Gasteiger partial charge in [0.1, 0.15) is 13.2 Å². The van der Waals surface area contributed by atoms with Gasteiger partial charge in [-0.1, -0.05) is 300 Å². The van der Waals surface area contributed by atoms with Crippen molar-refractivity contribution in [3.8, 4) is 0 Å². The Morgan fingerprint density at radius 1 is 0.288 bits per heavy atom. The minimum Gasteiger partial charge on any atom is -0.462 e. The Morgan fingerprint density at radius 2 is 0.562 bits per heavy atom. The van der Waals surface area contributed by atoms with E-state index in [1.54, 1.807) is 0 Å². The number of ether oxygens (including phenoxy) is 3. The van der Waals surface area contributed by atoms with Crippen LogP contribution in [0.2, 0.25) is 0 Å². The van der Waals surface area contributed by atoms with E-state index >= 15 is 0 Å². The number of carbonyl (C=O) groups excluding carboxylic acids is 3. The number of hydrogen-bond acceptors (Lipinski definition) is 6. The van der Waals surface area contributed by atoms with Gasteiger partial charge in [0.25, 0.3) is 0 Å². The van der Waals surface area contributed by atoms with Crippen molar-refractivity contribution in [3.05, 3.63) is 60.8 Å². The van der Waals surface area contributed by atoms with Crippen LogP contribution in [-0.4, -0.2) is 37.2 Å². The highest BCUT2D eigenvalue weighted by molar-refractivity contribution is 5.71. The minimum absolute atomic E-state index is 0.0989. The summed E-state index contributed by atoms with van der Waals surface area (Å²) in [6.45, 7) is 6.49. The third kappa shape index (κ3) is 59.9. The summed E-state index contributed by atoms with van der Waals surface area (Å²) in [6, 6.07) is 0. The molecular weight excluding hydrogens is 901 g/mol. The third-order valence-electron chi connectivity index (χ3n) is 14.0. The number of esters is 3. The normalized spacial score (nSPS) is 12.4. The van der Waals surface area contributed by atoms with Crippen molar-refractivity contribution in [2.75, 3.05) is 13.2 Å². The maximum Gasteiger partial charge on any atom is 0.306 e. The van der Waals surface area contributed by atoms with E-state index in [4.69, 9.17) is 14.2 Å². The van der Waals surface area contributed by atoms with Gasteiger partial charge < -0.3 is 14.2 Å². The molecule has 0 fully saturated rings. The van der Waals surface area contributed by atoms with Crippen LogP contribution in [0.15, 0.2) is 60.8 Å². The molecular formula is C67H120O6. The Kier molecular flexibility index (Phi) is 59.2. The Labute approximate surface area is 453 Å². The predicted octanol–water partition coefficient (Wildman–Crippen LogP) is 21.6. The molecule has 0 heterocycles. The molecule has 6 nitrogen and oxygen atoms in total. The number of rotatable bonds is 58. The van der Waals surface area contributed by atoms with Crippen molar-refractivity contribution in [1.82, 2.24) is 0 Å². The average molecular weight is 1020 g/mol. The van der Waals surface area contributed by atoms with Gasteiger partial charge in [-0.15, -0.1) is 0 Å². The van der Waals surface area contributed by atoms with Crippen LogP contribution in [0.4, 0.5) is 0 Å². The second kappa shape index (κ2) is 61.7. The SMILES string of the molecule is CC/C=C\C/C=C\C/C=C\C/C=C\CCC(=O)OC(COC(=O)CCCCCCCCCCCCC)COC(=O)CCCCCCCCCCCCCCCCCCCCC/C=C\CCCCCCCCCC. The lowest BCUT2D eigenvalue weighted by molar-refractivity contribution is -0.166. The molecule has 0 N–H and O–H groups in total. The highest BCUT2D eigenvalue weighted by atomic mass is 16.6. The summed E-state index contributed by atoms with van der Waals surface area (Å²) < 4.78 is 16.8. The Hall–Kier alpha value is -2.89. The van der Waals surface area contributed by atoms with Crippen LogP contribution in [0, 0.1) is 0 Å². The molecule has 0 aromatic heterocycles. The first-order valence-corrected chi connectivity index (χ1v) is 31.8. The van der Waals surface area contributed by atoms with E-state index < -0.39 is 6.10 Å². The van der Waals surface area contributed by atoms with E-state index in [1.807, 2.05) is 6.08 Å². The smallest absolute Gasteiger partial charge is 0.306 e. The van der Waals surface area contributed by atoms with Crippen LogP contribution in [0.5, 0.6) is 0 Å². The quantitative estimate of drug-likeness (QED) is 0.0261. The molecule has 0 aromatic rings. The van der Waals surface area contributed by atoms with E-state index in [9.17, 15) is 14.4 Å². The van der Waals surface area contributed by atoms with Gasteiger partial charge in [0.05, 0.1) is 0 Å². The van der Waals surface area contributed by atoms with Crippen LogP contribution in [0.3, 0.4) is 0 Å². The first-order chi connectivity index (χ1) is 36.0. The zero-order valence-electron chi connectivity index (χ0n) is 48.7. The fraction of sp³-hybridized carbons (Fsp3) is 0.806. The fourth-order valence-electron chi connectivity index (χ4n) is 9.28. The van der Waals surface area contributed by atoms with Crippen LogP contribution in [0.25, 0.3) is 0 Å². The summed E-state index contributed by atoms with van der Waals surface area (Å²) in [5.41, 5.74) is 0. The van der Waals surface area contributed by atoms with E-state index in [-0.39, 0.29) is 37.5 Å².